The first kappa shape index (κ1) is 20.2. The first-order chi connectivity index (χ1) is 12.1. The predicted octanol–water partition coefficient (Wildman–Crippen LogP) is 2.35. The van der Waals surface area contributed by atoms with Crippen LogP contribution in [-0.2, 0) is 19.1 Å². The van der Waals surface area contributed by atoms with Crippen LogP contribution >= 0.6 is 0 Å². The van der Waals surface area contributed by atoms with Gasteiger partial charge in [-0.1, -0.05) is 0 Å². The lowest BCUT2D eigenvalue weighted by molar-refractivity contribution is -0.154. The van der Waals surface area contributed by atoms with E-state index >= 15 is 0 Å². The van der Waals surface area contributed by atoms with E-state index in [0.717, 1.165) is 32.1 Å². The fourth-order valence-corrected chi connectivity index (χ4v) is 3.67. The smallest absolute Gasteiger partial charge is 0.308 e. The monoisotopic (exact) mass is 356 g/mol. The fourth-order valence-electron chi connectivity index (χ4n) is 3.67. The van der Waals surface area contributed by atoms with Gasteiger partial charge in [0.1, 0.15) is 0 Å². The van der Waals surface area contributed by atoms with Gasteiger partial charge in [-0.05, 0) is 70.6 Å². The fraction of sp³-hybridized carbons (Fsp3) is 0.895. The molecule has 2 fully saturated rings. The van der Waals surface area contributed by atoms with Gasteiger partial charge in [-0.2, -0.15) is 0 Å². The van der Waals surface area contributed by atoms with Crippen molar-refractivity contribution in [2.45, 2.75) is 82.8 Å². The highest BCUT2D eigenvalue weighted by Crippen LogP contribution is 2.24. The normalized spacial score (nSPS) is 26.6. The number of ether oxygens (including phenoxy) is 2. The zero-order valence-electron chi connectivity index (χ0n) is 15.0. The van der Waals surface area contributed by atoms with Crippen molar-refractivity contribution in [3.05, 3.63) is 0 Å². The molecular weight excluding hydrogens is 324 g/mol. The number of carbonyl (C=O) groups excluding carboxylic acids is 2. The minimum Gasteiger partial charge on any atom is -0.465 e. The second-order valence-electron chi connectivity index (χ2n) is 7.41. The second-order valence-corrected chi connectivity index (χ2v) is 7.41. The molecule has 2 aliphatic rings. The van der Waals surface area contributed by atoms with E-state index in [-0.39, 0.29) is 23.8 Å². The molecule has 2 saturated heterocycles. The van der Waals surface area contributed by atoms with Crippen molar-refractivity contribution in [3.63, 3.8) is 0 Å². The van der Waals surface area contributed by atoms with Crippen LogP contribution in [0, 0.1) is 11.8 Å². The third-order valence-electron chi connectivity index (χ3n) is 5.32. The predicted molar refractivity (Wildman–Crippen MR) is 91.7 cm³/mol. The Morgan fingerprint density at radius 2 is 1.24 bits per heavy atom. The van der Waals surface area contributed by atoms with Crippen molar-refractivity contribution in [1.29, 1.82) is 0 Å². The summed E-state index contributed by atoms with van der Waals surface area (Å²) in [6.45, 7) is 1.04. The summed E-state index contributed by atoms with van der Waals surface area (Å²) < 4.78 is 10.1. The summed E-state index contributed by atoms with van der Waals surface area (Å²) in [5.41, 5.74) is 0. The molecule has 0 aromatic carbocycles. The van der Waals surface area contributed by atoms with Crippen molar-refractivity contribution >= 4 is 11.9 Å². The number of hydrogen-bond acceptors (Lipinski definition) is 6. The Hall–Kier alpha value is -1.14. The Kier molecular flexibility index (Phi) is 8.68. The van der Waals surface area contributed by atoms with Gasteiger partial charge in [0.15, 0.2) is 0 Å². The number of aliphatic hydroxyl groups is 2. The topological polar surface area (TPSA) is 93.1 Å². The number of carbonyl (C=O) groups is 2. The molecule has 0 spiro atoms. The summed E-state index contributed by atoms with van der Waals surface area (Å²) in [5.74, 6) is -0.390. The molecule has 0 bridgehead atoms. The minimum absolute atomic E-state index is 0.0655. The molecule has 0 aromatic rings. The Labute approximate surface area is 149 Å². The first-order valence-corrected chi connectivity index (χ1v) is 9.75. The van der Waals surface area contributed by atoms with Gasteiger partial charge in [0, 0.05) is 0 Å². The summed E-state index contributed by atoms with van der Waals surface area (Å²) in [7, 11) is 0. The quantitative estimate of drug-likeness (QED) is 0.584. The van der Waals surface area contributed by atoms with E-state index < -0.39 is 12.2 Å². The molecule has 2 aliphatic heterocycles. The zero-order chi connectivity index (χ0) is 18.1. The number of hydrogen-bond donors (Lipinski definition) is 2. The maximum atomic E-state index is 11.6. The zero-order valence-corrected chi connectivity index (χ0v) is 15.0. The van der Waals surface area contributed by atoms with Crippen molar-refractivity contribution in [2.75, 3.05) is 13.2 Å². The third-order valence-corrected chi connectivity index (χ3v) is 5.32. The molecule has 0 aliphatic carbocycles. The molecule has 25 heavy (non-hydrogen) atoms. The summed E-state index contributed by atoms with van der Waals surface area (Å²) in [6, 6.07) is 0. The Morgan fingerprint density at radius 3 is 1.64 bits per heavy atom. The number of cyclic esters (lactones) is 2. The summed E-state index contributed by atoms with van der Waals surface area (Å²) in [5, 5.41) is 20.1. The van der Waals surface area contributed by atoms with Crippen LogP contribution in [0.5, 0.6) is 0 Å². The van der Waals surface area contributed by atoms with Gasteiger partial charge in [-0.25, -0.2) is 0 Å². The molecule has 0 aromatic heterocycles. The number of aliphatic hydroxyl groups excluding tert-OH is 2. The summed E-state index contributed by atoms with van der Waals surface area (Å²) >= 11 is 0. The largest absolute Gasteiger partial charge is 0.465 e. The lowest BCUT2D eigenvalue weighted by Gasteiger charge is -2.22. The maximum Gasteiger partial charge on any atom is 0.308 e. The van der Waals surface area contributed by atoms with E-state index in [2.05, 4.69) is 0 Å². The highest BCUT2D eigenvalue weighted by Gasteiger charge is 2.25. The van der Waals surface area contributed by atoms with Crippen LogP contribution in [0.15, 0.2) is 0 Å². The van der Waals surface area contributed by atoms with E-state index in [9.17, 15) is 19.8 Å². The Balaban J connectivity index is 1.52. The van der Waals surface area contributed by atoms with Crippen LogP contribution in [0.25, 0.3) is 0 Å². The van der Waals surface area contributed by atoms with Crippen molar-refractivity contribution in [2.24, 2.45) is 11.8 Å². The molecule has 0 radical (unpaired) electrons. The van der Waals surface area contributed by atoms with Gasteiger partial charge >= 0.3 is 11.9 Å². The van der Waals surface area contributed by atoms with E-state index in [1.807, 2.05) is 0 Å². The van der Waals surface area contributed by atoms with E-state index in [1.165, 1.54) is 0 Å². The van der Waals surface area contributed by atoms with E-state index in [0.29, 0.717) is 51.7 Å². The molecule has 2 heterocycles. The van der Waals surface area contributed by atoms with E-state index in [4.69, 9.17) is 9.47 Å². The standard InChI is InChI=1S/C19H32O6/c20-16(10-8-14-4-2-12-24-18(14)22)6-1-7-17(21)11-9-15-5-3-13-25-19(15)23/h14-17,20-21H,1-13H2. The molecule has 4 atom stereocenters. The summed E-state index contributed by atoms with van der Waals surface area (Å²) in [4.78, 5) is 23.1. The molecular formula is C19H32O6. The van der Waals surface area contributed by atoms with Gasteiger partial charge in [0.05, 0.1) is 37.3 Å². The third kappa shape index (κ3) is 7.32. The average molecular weight is 356 g/mol. The molecule has 2 rings (SSSR count). The van der Waals surface area contributed by atoms with Gasteiger partial charge in [0.25, 0.3) is 0 Å². The van der Waals surface area contributed by atoms with Gasteiger partial charge in [-0.3, -0.25) is 9.59 Å². The summed E-state index contributed by atoms with van der Waals surface area (Å²) in [6.07, 6.45) is 7.21. The van der Waals surface area contributed by atoms with Gasteiger partial charge in [0.2, 0.25) is 0 Å². The first-order valence-electron chi connectivity index (χ1n) is 9.75. The molecule has 0 saturated carbocycles. The van der Waals surface area contributed by atoms with Crippen LogP contribution in [0.2, 0.25) is 0 Å². The Bertz CT molecular complexity index is 386. The molecule has 0 amide bonds. The van der Waals surface area contributed by atoms with Crippen LogP contribution in [-0.4, -0.2) is 47.6 Å². The van der Waals surface area contributed by atoms with Crippen molar-refractivity contribution in [3.8, 4) is 0 Å². The molecule has 2 N–H and O–H groups in total. The van der Waals surface area contributed by atoms with Crippen molar-refractivity contribution in [1.82, 2.24) is 0 Å². The SMILES string of the molecule is O=C1OCCCC1CCC(O)CCCC(O)CCC1CCCOC1=O. The maximum absolute atomic E-state index is 11.6. The second kappa shape index (κ2) is 10.8. The van der Waals surface area contributed by atoms with Gasteiger partial charge < -0.3 is 19.7 Å². The van der Waals surface area contributed by atoms with Crippen LogP contribution < -0.4 is 0 Å². The highest BCUT2D eigenvalue weighted by molar-refractivity contribution is 5.73. The van der Waals surface area contributed by atoms with Crippen LogP contribution in [0.3, 0.4) is 0 Å². The van der Waals surface area contributed by atoms with Crippen LogP contribution in [0.1, 0.15) is 70.6 Å². The number of esters is 2. The molecule has 144 valence electrons. The van der Waals surface area contributed by atoms with Crippen LogP contribution in [0.4, 0.5) is 0 Å². The molecule has 6 heteroatoms. The lowest BCUT2D eigenvalue weighted by atomic mass is 9.92. The minimum atomic E-state index is -0.435. The van der Waals surface area contributed by atoms with E-state index in [1.54, 1.807) is 0 Å². The highest BCUT2D eigenvalue weighted by atomic mass is 16.5. The average Bonchev–Trinajstić information content (AvgIpc) is 2.60. The number of rotatable bonds is 10. The molecule has 6 nitrogen and oxygen atoms in total. The van der Waals surface area contributed by atoms with Gasteiger partial charge in [-0.15, -0.1) is 0 Å². The van der Waals surface area contributed by atoms with Crippen molar-refractivity contribution < 1.29 is 29.3 Å². The molecule has 4 unspecified atom stereocenters. The Morgan fingerprint density at radius 1 is 0.800 bits per heavy atom. The lowest BCUT2D eigenvalue weighted by Crippen LogP contribution is -2.25.